The number of benzene rings is 1. The zero-order valence-corrected chi connectivity index (χ0v) is 7.40. The Kier molecular flexibility index (Phi) is 1.35. The largest absolute Gasteiger partial charge is 0.324 e. The number of nitrogens with zero attached hydrogens (tertiary/aromatic N) is 1. The van der Waals surface area contributed by atoms with E-state index in [1.165, 1.54) is 10.8 Å². The van der Waals surface area contributed by atoms with Crippen molar-refractivity contribution in [3.63, 3.8) is 0 Å². The van der Waals surface area contributed by atoms with E-state index in [9.17, 15) is 0 Å². The van der Waals surface area contributed by atoms with Gasteiger partial charge >= 0.3 is 0 Å². The van der Waals surface area contributed by atoms with Gasteiger partial charge in [0.25, 0.3) is 0 Å². The molecule has 1 aliphatic heterocycles. The van der Waals surface area contributed by atoms with Crippen LogP contribution in [0.25, 0.3) is 5.57 Å². The fraction of sp³-hybridized carbons (Fsp3) is 0.364. The fourth-order valence-corrected chi connectivity index (χ4v) is 2.41. The van der Waals surface area contributed by atoms with Crippen molar-refractivity contribution in [2.24, 2.45) is 10.7 Å². The minimum atomic E-state index is 0.248. The smallest absolute Gasteiger partial charge is 0.0741 e. The number of nitrogens with two attached hydrogens (primary N) is 1. The average molecular weight is 172 g/mol. The SMILES string of the molecule is NC1CCC2N=c3ccccc3=C12. The average Bonchev–Trinajstić information content (AvgIpc) is 2.66. The lowest BCUT2D eigenvalue weighted by atomic mass is 10.1. The van der Waals surface area contributed by atoms with Crippen LogP contribution in [0.1, 0.15) is 12.8 Å². The van der Waals surface area contributed by atoms with Gasteiger partial charge in [-0.1, -0.05) is 18.2 Å². The third-order valence-electron chi connectivity index (χ3n) is 3.02. The summed E-state index contributed by atoms with van der Waals surface area (Å²) >= 11 is 0. The van der Waals surface area contributed by atoms with E-state index in [1.807, 2.05) is 6.07 Å². The summed E-state index contributed by atoms with van der Waals surface area (Å²) in [5, 5.41) is 2.43. The fourth-order valence-electron chi connectivity index (χ4n) is 2.41. The van der Waals surface area contributed by atoms with Gasteiger partial charge in [-0.2, -0.15) is 0 Å². The topological polar surface area (TPSA) is 38.4 Å². The van der Waals surface area contributed by atoms with Crippen molar-refractivity contribution in [1.29, 1.82) is 0 Å². The van der Waals surface area contributed by atoms with Crippen LogP contribution >= 0.6 is 0 Å². The molecule has 2 heteroatoms. The molecule has 2 nitrogen and oxygen atoms in total. The third-order valence-corrected chi connectivity index (χ3v) is 3.02. The molecule has 1 heterocycles. The molecule has 1 saturated carbocycles. The highest BCUT2D eigenvalue weighted by Crippen LogP contribution is 2.27. The Labute approximate surface area is 76.8 Å². The molecule has 1 aromatic rings. The molecule has 2 unspecified atom stereocenters. The van der Waals surface area contributed by atoms with E-state index in [1.54, 1.807) is 0 Å². The van der Waals surface area contributed by atoms with Crippen molar-refractivity contribution in [3.05, 3.63) is 34.8 Å². The summed E-state index contributed by atoms with van der Waals surface area (Å²) in [4.78, 5) is 4.65. The highest BCUT2D eigenvalue weighted by atomic mass is 14.9. The molecule has 0 aromatic heterocycles. The van der Waals surface area contributed by atoms with Gasteiger partial charge in [-0.25, -0.2) is 0 Å². The molecule has 0 amide bonds. The predicted octanol–water partition coefficient (Wildman–Crippen LogP) is -0.0398. The first-order chi connectivity index (χ1) is 6.36. The molecule has 0 spiro atoms. The second kappa shape index (κ2) is 2.42. The van der Waals surface area contributed by atoms with Crippen molar-refractivity contribution in [3.8, 4) is 0 Å². The Morgan fingerprint density at radius 2 is 2.08 bits per heavy atom. The predicted molar refractivity (Wildman–Crippen MR) is 51.6 cm³/mol. The molecule has 2 N–H and O–H groups in total. The molecule has 1 aliphatic carbocycles. The van der Waals surface area contributed by atoms with Crippen molar-refractivity contribution in [1.82, 2.24) is 0 Å². The summed E-state index contributed by atoms with van der Waals surface area (Å²) in [6, 6.07) is 8.96. The number of rotatable bonds is 0. The van der Waals surface area contributed by atoms with E-state index in [-0.39, 0.29) is 6.04 Å². The van der Waals surface area contributed by atoms with Gasteiger partial charge in [0.15, 0.2) is 0 Å². The molecule has 1 aromatic carbocycles. The molecule has 0 bridgehead atoms. The first kappa shape index (κ1) is 7.27. The standard InChI is InChI=1S/C11H12N2/c12-8-5-6-10-11(8)7-3-1-2-4-9(7)13-10/h1-4,8,10H,5-6,12H2. The zero-order valence-electron chi connectivity index (χ0n) is 7.40. The van der Waals surface area contributed by atoms with Gasteiger partial charge in [0.05, 0.1) is 11.4 Å². The van der Waals surface area contributed by atoms with Crippen LogP contribution < -0.4 is 16.3 Å². The lowest BCUT2D eigenvalue weighted by molar-refractivity contribution is 0.740. The van der Waals surface area contributed by atoms with Gasteiger partial charge in [-0.05, 0) is 24.5 Å². The van der Waals surface area contributed by atoms with Crippen LogP contribution in [0.4, 0.5) is 0 Å². The van der Waals surface area contributed by atoms with E-state index in [2.05, 4.69) is 23.2 Å². The van der Waals surface area contributed by atoms with Crippen LogP contribution in [0.5, 0.6) is 0 Å². The van der Waals surface area contributed by atoms with Crippen LogP contribution in [0.3, 0.4) is 0 Å². The number of hydrogen-bond donors (Lipinski definition) is 1. The van der Waals surface area contributed by atoms with Gasteiger partial charge in [0, 0.05) is 11.3 Å². The summed E-state index contributed by atoms with van der Waals surface area (Å²) < 4.78 is 0. The maximum Gasteiger partial charge on any atom is 0.0741 e. The molecule has 3 rings (SSSR count). The van der Waals surface area contributed by atoms with Crippen LogP contribution in [0.15, 0.2) is 29.3 Å². The maximum atomic E-state index is 6.04. The second-order valence-electron chi connectivity index (χ2n) is 3.80. The van der Waals surface area contributed by atoms with E-state index in [4.69, 9.17) is 5.73 Å². The summed E-state index contributed by atoms with van der Waals surface area (Å²) in [6.07, 6.45) is 2.23. The Bertz CT molecular complexity index is 461. The quantitative estimate of drug-likeness (QED) is 0.586. The number of para-hydroxylation sites is 1. The monoisotopic (exact) mass is 172 g/mol. The van der Waals surface area contributed by atoms with Gasteiger partial charge < -0.3 is 5.73 Å². The summed E-state index contributed by atoms with van der Waals surface area (Å²) in [5.74, 6) is 0. The zero-order chi connectivity index (χ0) is 8.84. The normalized spacial score (nSPS) is 29.8. The Morgan fingerprint density at radius 1 is 1.23 bits per heavy atom. The molecule has 0 saturated heterocycles. The van der Waals surface area contributed by atoms with Crippen LogP contribution in [0, 0.1) is 0 Å². The van der Waals surface area contributed by atoms with Crippen molar-refractivity contribution >= 4 is 5.57 Å². The van der Waals surface area contributed by atoms with Gasteiger partial charge in [-0.15, -0.1) is 0 Å². The minimum Gasteiger partial charge on any atom is -0.324 e. The maximum absolute atomic E-state index is 6.04. The molecule has 2 atom stereocenters. The molecule has 1 fully saturated rings. The molecule has 66 valence electrons. The second-order valence-corrected chi connectivity index (χ2v) is 3.80. The number of fused-ring (bicyclic) bond motifs is 2. The van der Waals surface area contributed by atoms with Gasteiger partial charge in [-0.3, -0.25) is 4.99 Å². The molecular weight excluding hydrogens is 160 g/mol. The van der Waals surface area contributed by atoms with E-state index >= 15 is 0 Å². The summed E-state index contributed by atoms with van der Waals surface area (Å²) in [5.41, 5.74) is 7.41. The third kappa shape index (κ3) is 0.893. The summed E-state index contributed by atoms with van der Waals surface area (Å²) in [7, 11) is 0. The molecular formula is C11H12N2. The van der Waals surface area contributed by atoms with Crippen LogP contribution in [0.2, 0.25) is 0 Å². The van der Waals surface area contributed by atoms with Gasteiger partial charge in [0.1, 0.15) is 0 Å². The Morgan fingerprint density at radius 3 is 3.00 bits per heavy atom. The Hall–Kier alpha value is -1.15. The first-order valence-electron chi connectivity index (χ1n) is 4.79. The van der Waals surface area contributed by atoms with Crippen LogP contribution in [-0.2, 0) is 0 Å². The minimum absolute atomic E-state index is 0.248. The van der Waals surface area contributed by atoms with Crippen molar-refractivity contribution in [2.45, 2.75) is 24.9 Å². The highest BCUT2D eigenvalue weighted by Gasteiger charge is 2.30. The van der Waals surface area contributed by atoms with Gasteiger partial charge in [0.2, 0.25) is 0 Å². The molecule has 0 radical (unpaired) electrons. The van der Waals surface area contributed by atoms with E-state index < -0.39 is 0 Å². The summed E-state index contributed by atoms with van der Waals surface area (Å²) in [6.45, 7) is 0. The lowest BCUT2D eigenvalue weighted by Crippen LogP contribution is -2.28. The van der Waals surface area contributed by atoms with E-state index in [0.29, 0.717) is 6.04 Å². The molecule has 13 heavy (non-hydrogen) atoms. The van der Waals surface area contributed by atoms with Crippen molar-refractivity contribution in [2.75, 3.05) is 0 Å². The highest BCUT2D eigenvalue weighted by molar-refractivity contribution is 5.60. The van der Waals surface area contributed by atoms with Crippen LogP contribution in [-0.4, -0.2) is 12.1 Å². The number of hydrogen-bond acceptors (Lipinski definition) is 2. The molecule has 2 aliphatic rings. The van der Waals surface area contributed by atoms with Crippen molar-refractivity contribution < 1.29 is 0 Å². The Balaban J connectivity index is 2.39. The first-order valence-corrected chi connectivity index (χ1v) is 4.79. The lowest BCUT2D eigenvalue weighted by Gasteiger charge is -2.03. The van der Waals surface area contributed by atoms with E-state index in [0.717, 1.165) is 18.2 Å².